The Morgan fingerprint density at radius 3 is 1.73 bits per heavy atom. The summed E-state index contributed by atoms with van der Waals surface area (Å²) in [6.07, 6.45) is 0. The fourth-order valence-electron chi connectivity index (χ4n) is 3.86. The van der Waals surface area contributed by atoms with E-state index in [1.54, 1.807) is 0 Å². The predicted molar refractivity (Wildman–Crippen MR) is 112 cm³/mol. The number of hydrogen-bond acceptors (Lipinski definition) is 10. The molecule has 0 aliphatic heterocycles. The van der Waals surface area contributed by atoms with Gasteiger partial charge in [0.25, 0.3) is 30.4 Å². The van der Waals surface area contributed by atoms with Crippen molar-refractivity contribution >= 4 is 72.8 Å². The van der Waals surface area contributed by atoms with Crippen LogP contribution in [0.1, 0.15) is 0 Å². The number of rotatable bonds is 5. The summed E-state index contributed by atoms with van der Waals surface area (Å²) in [7, 11) is -22.2. The molecule has 0 spiro atoms. The van der Waals surface area contributed by atoms with Crippen molar-refractivity contribution in [2.45, 2.75) is 19.6 Å². The summed E-state index contributed by atoms with van der Waals surface area (Å²) in [5.41, 5.74) is 0. The average Bonchev–Trinajstić information content (AvgIpc) is 2.68. The molecule has 0 saturated carbocycles. The van der Waals surface area contributed by atoms with Crippen LogP contribution in [0.2, 0.25) is 0 Å². The van der Waals surface area contributed by atoms with E-state index in [1.807, 2.05) is 0 Å². The highest BCUT2D eigenvalue weighted by Gasteiger charge is 2.40. The summed E-state index contributed by atoms with van der Waals surface area (Å²) in [5, 5.41) is -1.71. The fourth-order valence-corrected chi connectivity index (χ4v) is 8.33. The van der Waals surface area contributed by atoms with Gasteiger partial charge in [0.2, 0.25) is 0 Å². The second-order valence-electron chi connectivity index (χ2n) is 6.78. The molecule has 0 fully saturated rings. The second kappa shape index (κ2) is 7.01. The first-order valence-electron chi connectivity index (χ1n) is 8.33. The van der Waals surface area contributed by atoms with Crippen molar-refractivity contribution in [1.29, 1.82) is 0 Å². The van der Waals surface area contributed by atoms with E-state index < -0.39 is 76.2 Å². The summed E-state index contributed by atoms with van der Waals surface area (Å²) in [4.78, 5) is -6.36. The van der Waals surface area contributed by atoms with Crippen molar-refractivity contribution in [3.63, 3.8) is 0 Å². The monoisotopic (exact) mass is 537 g/mol. The Kier molecular flexibility index (Phi) is 5.03. The van der Waals surface area contributed by atoms with Crippen LogP contribution < -0.4 is 5.90 Å². The largest absolute Gasteiger partial charge is 0.314 e. The molecule has 176 valence electrons. The normalized spacial score (nSPS) is 13.9. The predicted octanol–water partition coefficient (Wildman–Crippen LogP) is 0.903. The third kappa shape index (κ3) is 3.54. The van der Waals surface area contributed by atoms with Crippen molar-refractivity contribution in [3.05, 3.63) is 36.4 Å². The zero-order valence-electron chi connectivity index (χ0n) is 15.7. The van der Waals surface area contributed by atoms with Gasteiger partial charge in [-0.1, -0.05) is 30.3 Å². The van der Waals surface area contributed by atoms with E-state index in [-0.39, 0.29) is 10.8 Å². The maximum absolute atomic E-state index is 12.6. The molecule has 13 nitrogen and oxygen atoms in total. The van der Waals surface area contributed by atoms with Crippen molar-refractivity contribution in [2.24, 2.45) is 5.90 Å². The van der Waals surface area contributed by atoms with Crippen LogP contribution in [0.15, 0.2) is 56.0 Å². The molecule has 5 N–H and O–H groups in total. The molecule has 0 aliphatic rings. The van der Waals surface area contributed by atoms with Crippen LogP contribution in [-0.4, -0.2) is 47.3 Å². The van der Waals surface area contributed by atoms with Gasteiger partial charge in [-0.2, -0.15) is 43.9 Å². The van der Waals surface area contributed by atoms with E-state index in [0.717, 1.165) is 12.1 Å². The molecule has 0 atom stereocenters. The van der Waals surface area contributed by atoms with E-state index in [9.17, 15) is 47.3 Å². The van der Waals surface area contributed by atoms with Gasteiger partial charge in [-0.15, -0.1) is 0 Å². The average molecular weight is 538 g/mol. The van der Waals surface area contributed by atoms with Gasteiger partial charge < -0.3 is 0 Å². The summed E-state index contributed by atoms with van der Waals surface area (Å²) < 4.78 is 132. The minimum atomic E-state index is -5.82. The smallest absolute Gasteiger partial charge is 0.282 e. The highest BCUT2D eigenvalue weighted by Crippen LogP contribution is 2.47. The number of benzene rings is 4. The Morgan fingerprint density at radius 2 is 1.21 bits per heavy atom. The maximum Gasteiger partial charge on any atom is 0.314 e. The first-order valence-corrected chi connectivity index (χ1v) is 14.1. The quantitative estimate of drug-likeness (QED) is 0.158. The number of nitrogens with two attached hydrogens (primary N) is 1. The van der Waals surface area contributed by atoms with Gasteiger partial charge in [-0.3, -0.25) is 13.7 Å². The molecule has 0 amide bonds. The SMILES string of the molecule is NOS(=O)(=O)c1c(S(=O)(=O)O)c(S(=O)(=O)O)c2c(S(=O)(=O)O)cc3cccc4ccc1c2c43. The van der Waals surface area contributed by atoms with Crippen molar-refractivity contribution in [3.8, 4) is 0 Å². The second-order valence-corrected chi connectivity index (χ2v) is 12.4. The third-order valence-electron chi connectivity index (χ3n) is 4.92. The maximum atomic E-state index is 12.6. The molecule has 0 aliphatic carbocycles. The lowest BCUT2D eigenvalue weighted by Crippen LogP contribution is -2.20. The molecule has 0 saturated heterocycles. The summed E-state index contributed by atoms with van der Waals surface area (Å²) in [6, 6.07) is 7.41. The van der Waals surface area contributed by atoms with Crippen LogP contribution in [0, 0.1) is 0 Å². The lowest BCUT2D eigenvalue weighted by atomic mass is 9.94. The lowest BCUT2D eigenvalue weighted by Gasteiger charge is -2.20. The topological polar surface area (TPSA) is 232 Å². The molecule has 33 heavy (non-hydrogen) atoms. The zero-order chi connectivity index (χ0) is 24.7. The van der Waals surface area contributed by atoms with E-state index in [2.05, 4.69) is 4.28 Å². The van der Waals surface area contributed by atoms with Gasteiger partial charge >= 0.3 is 10.1 Å². The molecular weight excluding hydrogens is 526 g/mol. The van der Waals surface area contributed by atoms with Crippen LogP contribution >= 0.6 is 0 Å². The van der Waals surface area contributed by atoms with Gasteiger partial charge in [0, 0.05) is 16.2 Å². The van der Waals surface area contributed by atoms with Gasteiger partial charge in [0.05, 0.1) is 0 Å². The van der Waals surface area contributed by atoms with Crippen molar-refractivity contribution in [2.75, 3.05) is 0 Å². The fraction of sp³-hybridized carbons (Fsp3) is 0. The molecule has 0 bridgehead atoms. The Balaban J connectivity index is 2.66. The molecule has 0 radical (unpaired) electrons. The zero-order valence-corrected chi connectivity index (χ0v) is 19.0. The Morgan fingerprint density at radius 1 is 0.636 bits per heavy atom. The molecule has 0 heterocycles. The van der Waals surface area contributed by atoms with Crippen LogP contribution in [0.5, 0.6) is 0 Å². The van der Waals surface area contributed by atoms with Gasteiger partial charge in [0.1, 0.15) is 19.6 Å². The van der Waals surface area contributed by atoms with Gasteiger partial charge in [0.15, 0.2) is 0 Å². The van der Waals surface area contributed by atoms with Gasteiger partial charge in [-0.05, 0) is 22.2 Å². The third-order valence-corrected chi connectivity index (χ3v) is 9.08. The van der Waals surface area contributed by atoms with Gasteiger partial charge in [-0.25, -0.2) is 0 Å². The van der Waals surface area contributed by atoms with Crippen LogP contribution in [0.3, 0.4) is 0 Å². The highest BCUT2D eigenvalue weighted by molar-refractivity contribution is 7.91. The molecule has 4 aromatic rings. The molecule has 0 aromatic heterocycles. The Labute approximate surface area is 186 Å². The molecule has 4 aromatic carbocycles. The lowest BCUT2D eigenvalue weighted by molar-refractivity contribution is 0.331. The Hall–Kier alpha value is -2.48. The molecule has 17 heteroatoms. The van der Waals surface area contributed by atoms with E-state index >= 15 is 0 Å². The Bertz CT molecular complexity index is 1930. The first-order chi connectivity index (χ1) is 15.0. The van der Waals surface area contributed by atoms with E-state index in [1.165, 1.54) is 24.3 Å². The molecule has 0 unspecified atom stereocenters. The van der Waals surface area contributed by atoms with E-state index in [4.69, 9.17) is 5.90 Å². The minimum absolute atomic E-state index is 0.0534. The summed E-state index contributed by atoms with van der Waals surface area (Å²) in [6.45, 7) is 0. The van der Waals surface area contributed by atoms with Crippen molar-refractivity contribution < 1.29 is 51.6 Å². The van der Waals surface area contributed by atoms with Crippen LogP contribution in [-0.2, 0) is 44.8 Å². The molecule has 4 rings (SSSR count). The standard InChI is InChI=1S/C16H11NO12S4/c17-29-33(27,28)14-9-5-4-7-2-1-3-8-6-10(30(18,19)20)13(12(9)11(7)8)15(31(21,22)23)16(14)32(24,25)26/h1-6H,17H2,(H,18,19,20)(H,21,22,23)(H,24,25,26). The van der Waals surface area contributed by atoms with Crippen LogP contribution in [0.4, 0.5) is 0 Å². The highest BCUT2D eigenvalue weighted by atomic mass is 32.2. The minimum Gasteiger partial charge on any atom is -0.282 e. The van der Waals surface area contributed by atoms with Crippen LogP contribution in [0.25, 0.3) is 32.3 Å². The summed E-state index contributed by atoms with van der Waals surface area (Å²) >= 11 is 0. The number of hydrogen-bond donors (Lipinski definition) is 4. The van der Waals surface area contributed by atoms with Crippen molar-refractivity contribution in [1.82, 2.24) is 0 Å². The summed E-state index contributed by atoms with van der Waals surface area (Å²) in [5.74, 6) is 4.77. The molecular formula is C16H11NO12S4. The first kappa shape index (κ1) is 23.7. The van der Waals surface area contributed by atoms with E-state index in [0.29, 0.717) is 5.39 Å².